The number of ether oxygens (including phenoxy) is 2. The third kappa shape index (κ3) is 7.15. The van der Waals surface area contributed by atoms with E-state index < -0.39 is 0 Å². The minimum absolute atomic E-state index is 0.227. The van der Waals surface area contributed by atoms with Crippen molar-refractivity contribution in [1.29, 1.82) is 0 Å². The Balaban J connectivity index is 1.79. The zero-order valence-corrected chi connectivity index (χ0v) is 15.5. The molecular weight excluding hydrogens is 308 g/mol. The molecule has 0 saturated carbocycles. The summed E-state index contributed by atoms with van der Waals surface area (Å²) in [7, 11) is 1.68. The maximum absolute atomic E-state index is 6.15. The highest BCUT2D eigenvalue weighted by Crippen LogP contribution is 2.20. The van der Waals surface area contributed by atoms with Crippen LogP contribution in [0.4, 0.5) is 0 Å². The van der Waals surface area contributed by atoms with Gasteiger partial charge < -0.3 is 9.47 Å². The fourth-order valence-electron chi connectivity index (χ4n) is 2.98. The summed E-state index contributed by atoms with van der Waals surface area (Å²) in [6, 6.07) is 18.8. The van der Waals surface area contributed by atoms with E-state index in [1.165, 1.54) is 17.5 Å². The van der Waals surface area contributed by atoms with Gasteiger partial charge in [-0.25, -0.2) is 0 Å². The first kappa shape index (κ1) is 19.3. The molecule has 2 aromatic rings. The van der Waals surface area contributed by atoms with Gasteiger partial charge in [0, 0.05) is 0 Å². The van der Waals surface area contributed by atoms with E-state index in [2.05, 4.69) is 56.0 Å². The lowest BCUT2D eigenvalue weighted by Crippen LogP contribution is -2.16. The number of hydrogen-bond donors (Lipinski definition) is 0. The molecule has 0 heterocycles. The Kier molecular flexibility index (Phi) is 8.27. The summed E-state index contributed by atoms with van der Waals surface area (Å²) in [6.07, 6.45) is 6.46. The highest BCUT2D eigenvalue weighted by molar-refractivity contribution is 5.26. The molecule has 0 amide bonds. The number of hydrogen-bond acceptors (Lipinski definition) is 2. The van der Waals surface area contributed by atoms with Crippen molar-refractivity contribution in [2.45, 2.75) is 45.3 Å². The molecule has 0 spiro atoms. The standard InChI is InChI=1S/C23H30O2/c1-4-8-23(25-18-21-13-15-22(24-3)16-14-21)17-19(2)11-12-20-9-6-5-7-10-20/h4-7,9-10,13-16,19,23H,1,8,11-12,17-18H2,2-3H3/t19-,23+/m1/s1. The predicted molar refractivity (Wildman–Crippen MR) is 105 cm³/mol. The van der Waals surface area contributed by atoms with Crippen molar-refractivity contribution in [3.63, 3.8) is 0 Å². The molecule has 25 heavy (non-hydrogen) atoms. The van der Waals surface area contributed by atoms with Crippen molar-refractivity contribution in [3.8, 4) is 5.75 Å². The van der Waals surface area contributed by atoms with Gasteiger partial charge >= 0.3 is 0 Å². The summed E-state index contributed by atoms with van der Waals surface area (Å²) in [6.45, 7) is 6.83. The smallest absolute Gasteiger partial charge is 0.118 e. The van der Waals surface area contributed by atoms with Crippen molar-refractivity contribution < 1.29 is 9.47 Å². The summed E-state index contributed by atoms with van der Waals surface area (Å²) in [5.41, 5.74) is 2.58. The maximum Gasteiger partial charge on any atom is 0.118 e. The van der Waals surface area contributed by atoms with Gasteiger partial charge in [-0.05, 0) is 54.9 Å². The van der Waals surface area contributed by atoms with Crippen LogP contribution in [0.5, 0.6) is 5.75 Å². The fraction of sp³-hybridized carbons (Fsp3) is 0.391. The van der Waals surface area contributed by atoms with Crippen LogP contribution in [0.1, 0.15) is 37.3 Å². The molecule has 2 heteroatoms. The summed E-state index contributed by atoms with van der Waals surface area (Å²) < 4.78 is 11.3. The molecule has 0 unspecified atom stereocenters. The largest absolute Gasteiger partial charge is 0.497 e. The second-order valence-corrected chi connectivity index (χ2v) is 6.67. The lowest BCUT2D eigenvalue weighted by Gasteiger charge is -2.21. The van der Waals surface area contributed by atoms with Crippen LogP contribution in [0.25, 0.3) is 0 Å². The Morgan fingerprint density at radius 1 is 1.00 bits per heavy atom. The van der Waals surface area contributed by atoms with Crippen molar-refractivity contribution in [1.82, 2.24) is 0 Å². The molecule has 2 aromatic carbocycles. The predicted octanol–water partition coefficient (Wildman–Crippen LogP) is 5.82. The van der Waals surface area contributed by atoms with Gasteiger partial charge in [-0.15, -0.1) is 6.58 Å². The third-order valence-electron chi connectivity index (χ3n) is 4.51. The average molecular weight is 338 g/mol. The van der Waals surface area contributed by atoms with E-state index in [4.69, 9.17) is 9.47 Å². The second-order valence-electron chi connectivity index (χ2n) is 6.67. The Bertz CT molecular complexity index is 604. The van der Waals surface area contributed by atoms with Crippen molar-refractivity contribution >= 4 is 0 Å². The first-order valence-corrected chi connectivity index (χ1v) is 9.10. The summed E-state index contributed by atoms with van der Waals surface area (Å²) in [5.74, 6) is 1.50. The number of benzene rings is 2. The van der Waals surface area contributed by atoms with Crippen LogP contribution in [0, 0.1) is 5.92 Å². The minimum Gasteiger partial charge on any atom is -0.497 e. The van der Waals surface area contributed by atoms with E-state index in [1.54, 1.807) is 7.11 Å². The van der Waals surface area contributed by atoms with E-state index in [1.807, 2.05) is 18.2 Å². The van der Waals surface area contributed by atoms with E-state index in [-0.39, 0.29) is 6.10 Å². The van der Waals surface area contributed by atoms with E-state index in [9.17, 15) is 0 Å². The normalized spacial score (nSPS) is 13.2. The van der Waals surface area contributed by atoms with E-state index in [0.717, 1.165) is 25.0 Å². The molecule has 0 N–H and O–H groups in total. The first-order chi connectivity index (χ1) is 12.2. The lowest BCUT2D eigenvalue weighted by molar-refractivity contribution is 0.0270. The molecule has 0 aromatic heterocycles. The molecule has 2 atom stereocenters. The van der Waals surface area contributed by atoms with Crippen LogP contribution in [0.2, 0.25) is 0 Å². The Morgan fingerprint density at radius 3 is 2.36 bits per heavy atom. The van der Waals surface area contributed by atoms with Gasteiger partial charge in [0.05, 0.1) is 19.8 Å². The van der Waals surface area contributed by atoms with Crippen LogP contribution in [0.3, 0.4) is 0 Å². The van der Waals surface area contributed by atoms with Gasteiger partial charge in [0.15, 0.2) is 0 Å². The maximum atomic E-state index is 6.15. The van der Waals surface area contributed by atoms with Crippen LogP contribution in [-0.2, 0) is 17.8 Å². The molecule has 0 radical (unpaired) electrons. The number of methoxy groups -OCH3 is 1. The van der Waals surface area contributed by atoms with Crippen molar-refractivity contribution in [2.24, 2.45) is 5.92 Å². The quantitative estimate of drug-likeness (QED) is 0.481. The Hall–Kier alpha value is -2.06. The molecule has 0 saturated heterocycles. The average Bonchev–Trinajstić information content (AvgIpc) is 2.66. The molecule has 2 nitrogen and oxygen atoms in total. The topological polar surface area (TPSA) is 18.5 Å². The molecule has 0 aliphatic heterocycles. The van der Waals surface area contributed by atoms with Crippen LogP contribution in [0.15, 0.2) is 67.3 Å². The van der Waals surface area contributed by atoms with Crippen LogP contribution < -0.4 is 4.74 Å². The van der Waals surface area contributed by atoms with Gasteiger partial charge in [-0.3, -0.25) is 0 Å². The zero-order chi connectivity index (χ0) is 17.9. The van der Waals surface area contributed by atoms with Gasteiger partial charge in [-0.2, -0.15) is 0 Å². The van der Waals surface area contributed by atoms with Gasteiger partial charge in [0.25, 0.3) is 0 Å². The Labute approximate surface area is 152 Å². The molecule has 0 bridgehead atoms. The fourth-order valence-corrected chi connectivity index (χ4v) is 2.98. The van der Waals surface area contributed by atoms with E-state index in [0.29, 0.717) is 12.5 Å². The Morgan fingerprint density at radius 2 is 1.72 bits per heavy atom. The summed E-state index contributed by atoms with van der Waals surface area (Å²) in [5, 5.41) is 0. The highest BCUT2D eigenvalue weighted by Gasteiger charge is 2.13. The van der Waals surface area contributed by atoms with Crippen molar-refractivity contribution in [3.05, 3.63) is 78.4 Å². The highest BCUT2D eigenvalue weighted by atomic mass is 16.5. The van der Waals surface area contributed by atoms with Gasteiger partial charge in [0.2, 0.25) is 0 Å². The monoisotopic (exact) mass is 338 g/mol. The second kappa shape index (κ2) is 10.7. The molecule has 0 aliphatic rings. The number of rotatable bonds is 11. The van der Waals surface area contributed by atoms with Gasteiger partial charge in [-0.1, -0.05) is 55.5 Å². The SMILES string of the molecule is C=CC[C@@H](C[C@H](C)CCc1ccccc1)OCc1ccc(OC)cc1. The summed E-state index contributed by atoms with van der Waals surface area (Å²) in [4.78, 5) is 0. The zero-order valence-electron chi connectivity index (χ0n) is 15.5. The molecule has 2 rings (SSSR count). The molecule has 134 valence electrons. The first-order valence-electron chi connectivity index (χ1n) is 9.10. The molecular formula is C23H30O2. The van der Waals surface area contributed by atoms with E-state index >= 15 is 0 Å². The number of aryl methyl sites for hydroxylation is 1. The minimum atomic E-state index is 0.227. The van der Waals surface area contributed by atoms with Crippen molar-refractivity contribution in [2.75, 3.05) is 7.11 Å². The van der Waals surface area contributed by atoms with Crippen LogP contribution >= 0.6 is 0 Å². The molecule has 0 aliphatic carbocycles. The third-order valence-corrected chi connectivity index (χ3v) is 4.51. The molecule has 0 fully saturated rings. The summed E-state index contributed by atoms with van der Waals surface area (Å²) >= 11 is 0. The lowest BCUT2D eigenvalue weighted by atomic mass is 9.94. The van der Waals surface area contributed by atoms with Gasteiger partial charge in [0.1, 0.15) is 5.75 Å². The van der Waals surface area contributed by atoms with Crippen LogP contribution in [-0.4, -0.2) is 13.2 Å².